The molecule has 0 amide bonds. The monoisotopic (exact) mass is 277 g/mol. The topological polar surface area (TPSA) is 39.1 Å². The van der Waals surface area contributed by atoms with E-state index in [9.17, 15) is 8.42 Å². The highest BCUT2D eigenvalue weighted by Crippen LogP contribution is 2.15. The van der Waals surface area contributed by atoms with E-state index in [0.717, 1.165) is 18.4 Å². The van der Waals surface area contributed by atoms with Crippen LogP contribution in [0.15, 0.2) is 53.7 Å². The molecular weight excluding hydrogens is 258 g/mol. The quantitative estimate of drug-likeness (QED) is 0.758. The summed E-state index contributed by atoms with van der Waals surface area (Å²) in [6.07, 6.45) is 7.73. The second kappa shape index (κ2) is 6.06. The Morgan fingerprint density at radius 2 is 1.79 bits per heavy atom. The van der Waals surface area contributed by atoms with Crippen molar-refractivity contribution in [3.05, 3.63) is 54.4 Å². The largest absolute Gasteiger partial charge is 0.267 e. The fourth-order valence-corrected chi connectivity index (χ4v) is 3.25. The summed E-state index contributed by atoms with van der Waals surface area (Å²) in [6, 6.07) is 10.4. The van der Waals surface area contributed by atoms with E-state index < -0.39 is 10.0 Å². The van der Waals surface area contributed by atoms with Gasteiger partial charge < -0.3 is 0 Å². The molecule has 0 bridgehead atoms. The Kier molecular flexibility index (Phi) is 4.43. The van der Waals surface area contributed by atoms with Crippen LogP contribution in [0.3, 0.4) is 0 Å². The number of hydrogen-bond donors (Lipinski definition) is 0. The minimum absolute atomic E-state index is 0.325. The molecule has 0 unspecified atom stereocenters. The Morgan fingerprint density at radius 1 is 1.05 bits per heavy atom. The fraction of sp³-hybridized carbons (Fsp3) is 0.333. The summed E-state index contributed by atoms with van der Waals surface area (Å²) in [5.41, 5.74) is 1.08. The summed E-state index contributed by atoms with van der Waals surface area (Å²) in [7, 11) is -3.43. The second-order valence-corrected chi connectivity index (χ2v) is 6.47. The maximum absolute atomic E-state index is 12.3. The molecule has 2 aromatic rings. The first kappa shape index (κ1) is 13.9. The molecule has 2 rings (SSSR count). The van der Waals surface area contributed by atoms with Crippen LogP contribution in [-0.2, 0) is 16.4 Å². The van der Waals surface area contributed by atoms with Crippen molar-refractivity contribution in [2.75, 3.05) is 0 Å². The number of aromatic nitrogens is 1. The molecule has 0 fully saturated rings. The molecule has 1 aromatic heterocycles. The molecule has 0 atom stereocenters. The zero-order chi connectivity index (χ0) is 13.7. The minimum atomic E-state index is -3.43. The molecule has 4 heteroatoms. The van der Waals surface area contributed by atoms with E-state index in [2.05, 4.69) is 6.92 Å². The van der Waals surface area contributed by atoms with Crippen molar-refractivity contribution in [3.63, 3.8) is 0 Å². The lowest BCUT2D eigenvalue weighted by Crippen LogP contribution is -2.10. The van der Waals surface area contributed by atoms with Gasteiger partial charge in [-0.1, -0.05) is 38.0 Å². The van der Waals surface area contributed by atoms with E-state index in [4.69, 9.17) is 0 Å². The van der Waals surface area contributed by atoms with Crippen LogP contribution in [0.5, 0.6) is 0 Å². The average molecular weight is 277 g/mol. The molecule has 102 valence electrons. The van der Waals surface area contributed by atoms with E-state index in [1.165, 1.54) is 16.8 Å². The first-order valence-corrected chi connectivity index (χ1v) is 8.06. The maximum atomic E-state index is 12.3. The van der Waals surface area contributed by atoms with Crippen molar-refractivity contribution in [1.82, 2.24) is 3.97 Å². The summed E-state index contributed by atoms with van der Waals surface area (Å²) in [6.45, 7) is 2.16. The molecule has 0 saturated carbocycles. The Balaban J connectivity index is 2.18. The average Bonchev–Trinajstić information content (AvgIpc) is 2.90. The number of aryl methyl sites for hydroxylation is 1. The van der Waals surface area contributed by atoms with Gasteiger partial charge >= 0.3 is 0 Å². The van der Waals surface area contributed by atoms with Crippen molar-refractivity contribution in [1.29, 1.82) is 0 Å². The highest BCUT2D eigenvalue weighted by atomic mass is 32.2. The first-order chi connectivity index (χ1) is 9.14. The lowest BCUT2D eigenvalue weighted by atomic mass is 10.1. The summed E-state index contributed by atoms with van der Waals surface area (Å²) in [5, 5.41) is 0. The predicted molar refractivity (Wildman–Crippen MR) is 76.7 cm³/mol. The predicted octanol–water partition coefficient (Wildman–Crippen LogP) is 3.46. The molecule has 0 spiro atoms. The standard InChI is InChI=1S/C15H19NO2S/c1-2-3-5-8-14-11-12-16(13-14)19(17,18)15-9-6-4-7-10-15/h4,6-7,9-13H,2-3,5,8H2,1H3. The van der Waals surface area contributed by atoms with Crippen LogP contribution in [0.25, 0.3) is 0 Å². The molecule has 0 saturated heterocycles. The minimum Gasteiger partial charge on any atom is -0.249 e. The van der Waals surface area contributed by atoms with Gasteiger partial charge in [0.1, 0.15) is 0 Å². The van der Waals surface area contributed by atoms with Gasteiger partial charge in [0.25, 0.3) is 10.0 Å². The molecule has 0 N–H and O–H groups in total. The van der Waals surface area contributed by atoms with Gasteiger partial charge in [-0.05, 0) is 36.6 Å². The number of nitrogens with zero attached hydrogens (tertiary/aromatic N) is 1. The van der Waals surface area contributed by atoms with Gasteiger partial charge in [0.2, 0.25) is 0 Å². The van der Waals surface area contributed by atoms with Gasteiger partial charge in [0, 0.05) is 12.4 Å². The Morgan fingerprint density at radius 3 is 2.47 bits per heavy atom. The van der Waals surface area contributed by atoms with Crippen molar-refractivity contribution in [3.8, 4) is 0 Å². The van der Waals surface area contributed by atoms with Crippen LogP contribution in [0.4, 0.5) is 0 Å². The van der Waals surface area contributed by atoms with Crippen LogP contribution >= 0.6 is 0 Å². The van der Waals surface area contributed by atoms with Gasteiger partial charge in [-0.3, -0.25) is 0 Å². The SMILES string of the molecule is CCCCCc1ccn(S(=O)(=O)c2ccccc2)c1. The highest BCUT2D eigenvalue weighted by molar-refractivity contribution is 7.90. The van der Waals surface area contributed by atoms with E-state index in [1.807, 2.05) is 12.1 Å². The molecule has 1 heterocycles. The molecule has 0 aliphatic heterocycles. The molecule has 0 aliphatic carbocycles. The molecule has 1 aromatic carbocycles. The smallest absolute Gasteiger partial charge is 0.249 e. The molecule has 19 heavy (non-hydrogen) atoms. The Labute approximate surface area is 114 Å². The van der Waals surface area contributed by atoms with Crippen LogP contribution in [0.1, 0.15) is 31.7 Å². The van der Waals surface area contributed by atoms with E-state index in [1.54, 1.807) is 36.7 Å². The first-order valence-electron chi connectivity index (χ1n) is 6.62. The normalized spacial score (nSPS) is 11.6. The van der Waals surface area contributed by atoms with Gasteiger partial charge in [0.05, 0.1) is 4.90 Å². The lowest BCUT2D eigenvalue weighted by molar-refractivity contribution is 0.587. The molecular formula is C15H19NO2S. The zero-order valence-corrected chi connectivity index (χ0v) is 11.9. The third-order valence-corrected chi connectivity index (χ3v) is 4.77. The molecule has 0 aliphatic rings. The molecule has 0 radical (unpaired) electrons. The van der Waals surface area contributed by atoms with Crippen molar-refractivity contribution >= 4 is 10.0 Å². The van der Waals surface area contributed by atoms with Gasteiger partial charge in [0.15, 0.2) is 0 Å². The van der Waals surface area contributed by atoms with Crippen molar-refractivity contribution < 1.29 is 8.42 Å². The van der Waals surface area contributed by atoms with E-state index >= 15 is 0 Å². The third kappa shape index (κ3) is 3.26. The summed E-state index contributed by atoms with van der Waals surface area (Å²) >= 11 is 0. The van der Waals surface area contributed by atoms with Gasteiger partial charge in [-0.2, -0.15) is 0 Å². The van der Waals surface area contributed by atoms with E-state index in [-0.39, 0.29) is 0 Å². The van der Waals surface area contributed by atoms with Gasteiger partial charge in [-0.15, -0.1) is 0 Å². The lowest BCUT2D eigenvalue weighted by Gasteiger charge is -2.05. The number of rotatable bonds is 6. The van der Waals surface area contributed by atoms with Crippen LogP contribution in [0.2, 0.25) is 0 Å². The summed E-state index contributed by atoms with van der Waals surface area (Å²) in [4.78, 5) is 0.325. The van der Waals surface area contributed by atoms with Crippen molar-refractivity contribution in [2.24, 2.45) is 0 Å². The fourth-order valence-electron chi connectivity index (χ4n) is 2.01. The zero-order valence-electron chi connectivity index (χ0n) is 11.1. The number of benzene rings is 1. The summed E-state index contributed by atoms with van der Waals surface area (Å²) in [5.74, 6) is 0. The second-order valence-electron chi connectivity index (χ2n) is 4.62. The van der Waals surface area contributed by atoms with Crippen LogP contribution in [-0.4, -0.2) is 12.4 Å². The summed E-state index contributed by atoms with van der Waals surface area (Å²) < 4.78 is 26.0. The Bertz CT molecular complexity index is 615. The molecule has 3 nitrogen and oxygen atoms in total. The highest BCUT2D eigenvalue weighted by Gasteiger charge is 2.15. The van der Waals surface area contributed by atoms with Gasteiger partial charge in [-0.25, -0.2) is 12.4 Å². The number of hydrogen-bond acceptors (Lipinski definition) is 2. The van der Waals surface area contributed by atoms with Crippen LogP contribution in [0, 0.1) is 0 Å². The number of unbranched alkanes of at least 4 members (excludes halogenated alkanes) is 2. The van der Waals surface area contributed by atoms with Crippen LogP contribution < -0.4 is 0 Å². The van der Waals surface area contributed by atoms with Crippen molar-refractivity contribution in [2.45, 2.75) is 37.5 Å². The van der Waals surface area contributed by atoms with E-state index in [0.29, 0.717) is 4.90 Å². The maximum Gasteiger partial charge on any atom is 0.267 e. The Hall–Kier alpha value is -1.55. The third-order valence-electron chi connectivity index (χ3n) is 3.12.